The molecule has 0 fully saturated rings. The van der Waals surface area contributed by atoms with Crippen molar-refractivity contribution in [2.75, 3.05) is 6.61 Å². The van der Waals surface area contributed by atoms with Gasteiger partial charge in [-0.25, -0.2) is 0 Å². The highest BCUT2D eigenvalue weighted by molar-refractivity contribution is 6.58. The molecule has 88 valence electrons. The van der Waals surface area contributed by atoms with Crippen molar-refractivity contribution in [3.63, 3.8) is 0 Å². The van der Waals surface area contributed by atoms with Gasteiger partial charge in [0, 0.05) is 0 Å². The highest BCUT2D eigenvalue weighted by atomic mass is 16.5. The highest BCUT2D eigenvalue weighted by Crippen LogP contribution is 2.21. The van der Waals surface area contributed by atoms with Gasteiger partial charge in [-0.15, -0.1) is 0 Å². The Morgan fingerprint density at radius 3 is 2.19 bits per heavy atom. The zero-order valence-corrected chi connectivity index (χ0v) is 10.2. The van der Waals surface area contributed by atoms with Crippen molar-refractivity contribution in [2.24, 2.45) is 0 Å². The van der Waals surface area contributed by atoms with Crippen LogP contribution in [0.1, 0.15) is 30.9 Å². The quantitative estimate of drug-likeness (QED) is 0.580. The van der Waals surface area contributed by atoms with Crippen LogP contribution >= 0.6 is 0 Å². The molecule has 0 bridgehead atoms. The molecule has 0 aliphatic carbocycles. The summed E-state index contributed by atoms with van der Waals surface area (Å²) in [5, 5.41) is 18.2. The Hall–Kier alpha value is -0.995. The van der Waals surface area contributed by atoms with Crippen molar-refractivity contribution in [2.45, 2.75) is 33.6 Å². The molecule has 0 aliphatic rings. The molecule has 0 saturated carbocycles. The van der Waals surface area contributed by atoms with E-state index < -0.39 is 7.12 Å². The van der Waals surface area contributed by atoms with Crippen LogP contribution in [0.5, 0.6) is 5.75 Å². The van der Waals surface area contributed by atoms with E-state index in [0.717, 1.165) is 29.7 Å². The molecule has 4 heteroatoms. The standard InChI is InChI=1S/C12H19BO3/c1-4-5-6-16-12-9(2)7-11(13(14)15)8-10(12)3/h7-8,14-15H,4-6H2,1-3H3. The van der Waals surface area contributed by atoms with Gasteiger partial charge in [-0.05, 0) is 36.9 Å². The van der Waals surface area contributed by atoms with Gasteiger partial charge < -0.3 is 14.8 Å². The van der Waals surface area contributed by atoms with Crippen LogP contribution in [0.15, 0.2) is 12.1 Å². The van der Waals surface area contributed by atoms with Gasteiger partial charge >= 0.3 is 7.12 Å². The Kier molecular flexibility index (Phi) is 4.84. The lowest BCUT2D eigenvalue weighted by Crippen LogP contribution is -2.30. The maximum Gasteiger partial charge on any atom is 0.488 e. The van der Waals surface area contributed by atoms with E-state index in [1.807, 2.05) is 13.8 Å². The summed E-state index contributed by atoms with van der Waals surface area (Å²) in [6.07, 6.45) is 2.13. The Labute approximate surface area is 97.2 Å². The molecule has 0 saturated heterocycles. The first-order chi connectivity index (χ1) is 7.56. The first kappa shape index (κ1) is 13.1. The van der Waals surface area contributed by atoms with Crippen LogP contribution in [0.25, 0.3) is 0 Å². The van der Waals surface area contributed by atoms with Crippen molar-refractivity contribution in [3.8, 4) is 5.75 Å². The van der Waals surface area contributed by atoms with Crippen LogP contribution < -0.4 is 10.2 Å². The molecule has 0 aromatic heterocycles. The summed E-state index contributed by atoms with van der Waals surface area (Å²) in [5.74, 6) is 0.859. The molecular weight excluding hydrogens is 203 g/mol. The lowest BCUT2D eigenvalue weighted by Gasteiger charge is -2.13. The molecule has 2 N–H and O–H groups in total. The molecule has 16 heavy (non-hydrogen) atoms. The molecule has 0 atom stereocenters. The van der Waals surface area contributed by atoms with Crippen molar-refractivity contribution >= 4 is 12.6 Å². The smallest absolute Gasteiger partial charge is 0.488 e. The minimum Gasteiger partial charge on any atom is -0.493 e. The van der Waals surface area contributed by atoms with Gasteiger partial charge in [0.1, 0.15) is 5.75 Å². The molecule has 1 aromatic rings. The minimum absolute atomic E-state index is 0.512. The fraction of sp³-hybridized carbons (Fsp3) is 0.500. The summed E-state index contributed by atoms with van der Waals surface area (Å²) in [7, 11) is -1.41. The van der Waals surface area contributed by atoms with Gasteiger partial charge in [-0.3, -0.25) is 0 Å². The summed E-state index contributed by atoms with van der Waals surface area (Å²) in [5.41, 5.74) is 2.40. The fourth-order valence-corrected chi connectivity index (χ4v) is 1.68. The third-order valence-electron chi connectivity index (χ3n) is 2.53. The predicted octanol–water partition coefficient (Wildman–Crippen LogP) is 1.16. The molecule has 0 amide bonds. The molecule has 1 aromatic carbocycles. The van der Waals surface area contributed by atoms with Gasteiger partial charge in [0.2, 0.25) is 0 Å². The number of rotatable bonds is 5. The Balaban J connectivity index is 2.85. The molecule has 3 nitrogen and oxygen atoms in total. The van der Waals surface area contributed by atoms with Gasteiger partial charge in [0.05, 0.1) is 6.61 Å². The van der Waals surface area contributed by atoms with E-state index in [1.165, 1.54) is 0 Å². The van der Waals surface area contributed by atoms with Crippen LogP contribution in [0.2, 0.25) is 0 Å². The third kappa shape index (κ3) is 3.25. The van der Waals surface area contributed by atoms with Crippen LogP contribution in [-0.4, -0.2) is 23.8 Å². The molecular formula is C12H19BO3. The number of hydrogen-bond acceptors (Lipinski definition) is 3. The highest BCUT2D eigenvalue weighted by Gasteiger charge is 2.14. The second kappa shape index (κ2) is 5.92. The van der Waals surface area contributed by atoms with Gasteiger partial charge in [0.15, 0.2) is 0 Å². The molecule has 0 heterocycles. The summed E-state index contributed by atoms with van der Waals surface area (Å²) >= 11 is 0. The maximum absolute atomic E-state index is 9.09. The van der Waals surface area contributed by atoms with E-state index >= 15 is 0 Å². The Bertz CT molecular complexity index is 327. The summed E-state index contributed by atoms with van der Waals surface area (Å²) in [6, 6.07) is 3.50. The average Bonchev–Trinajstić information content (AvgIpc) is 2.21. The molecule has 0 aliphatic heterocycles. The minimum atomic E-state index is -1.41. The van der Waals surface area contributed by atoms with Gasteiger partial charge in [-0.1, -0.05) is 25.5 Å². The van der Waals surface area contributed by atoms with Crippen molar-refractivity contribution in [1.82, 2.24) is 0 Å². The third-order valence-corrected chi connectivity index (χ3v) is 2.53. The molecule has 0 radical (unpaired) electrons. The van der Waals surface area contributed by atoms with Gasteiger partial charge in [0.25, 0.3) is 0 Å². The first-order valence-electron chi connectivity index (χ1n) is 5.66. The second-order valence-electron chi connectivity index (χ2n) is 4.06. The van der Waals surface area contributed by atoms with E-state index in [2.05, 4.69) is 6.92 Å². The Morgan fingerprint density at radius 1 is 1.19 bits per heavy atom. The molecule has 0 unspecified atom stereocenters. The monoisotopic (exact) mass is 222 g/mol. The Morgan fingerprint density at radius 2 is 1.75 bits per heavy atom. The summed E-state index contributed by atoms with van der Waals surface area (Å²) < 4.78 is 5.68. The lowest BCUT2D eigenvalue weighted by atomic mass is 9.78. The first-order valence-corrected chi connectivity index (χ1v) is 5.66. The van der Waals surface area contributed by atoms with Gasteiger partial charge in [-0.2, -0.15) is 0 Å². The number of aryl methyl sites for hydroxylation is 2. The van der Waals surface area contributed by atoms with E-state index in [-0.39, 0.29) is 0 Å². The number of unbranched alkanes of at least 4 members (excludes halogenated alkanes) is 1. The number of hydrogen-bond donors (Lipinski definition) is 2. The SMILES string of the molecule is CCCCOc1c(C)cc(B(O)O)cc1C. The topological polar surface area (TPSA) is 49.7 Å². The summed E-state index contributed by atoms with van der Waals surface area (Å²) in [4.78, 5) is 0. The van der Waals surface area contributed by atoms with Crippen molar-refractivity contribution in [3.05, 3.63) is 23.3 Å². The zero-order chi connectivity index (χ0) is 12.1. The van der Waals surface area contributed by atoms with E-state index in [4.69, 9.17) is 14.8 Å². The second-order valence-corrected chi connectivity index (χ2v) is 4.06. The van der Waals surface area contributed by atoms with Crippen LogP contribution in [0.3, 0.4) is 0 Å². The predicted molar refractivity (Wildman–Crippen MR) is 66.1 cm³/mol. The van der Waals surface area contributed by atoms with Crippen LogP contribution in [0, 0.1) is 13.8 Å². The average molecular weight is 222 g/mol. The van der Waals surface area contributed by atoms with Crippen molar-refractivity contribution < 1.29 is 14.8 Å². The molecule has 1 rings (SSSR count). The van der Waals surface area contributed by atoms with E-state index in [9.17, 15) is 0 Å². The van der Waals surface area contributed by atoms with E-state index in [1.54, 1.807) is 12.1 Å². The van der Waals surface area contributed by atoms with Crippen LogP contribution in [-0.2, 0) is 0 Å². The zero-order valence-electron chi connectivity index (χ0n) is 10.2. The number of benzene rings is 1. The largest absolute Gasteiger partial charge is 0.493 e. The maximum atomic E-state index is 9.09. The molecule has 0 spiro atoms. The van der Waals surface area contributed by atoms with E-state index in [0.29, 0.717) is 12.1 Å². The lowest BCUT2D eigenvalue weighted by molar-refractivity contribution is 0.305. The van der Waals surface area contributed by atoms with Crippen LogP contribution in [0.4, 0.5) is 0 Å². The van der Waals surface area contributed by atoms with Crippen molar-refractivity contribution in [1.29, 1.82) is 0 Å². The number of ether oxygens (including phenoxy) is 1. The normalized spacial score (nSPS) is 10.3. The summed E-state index contributed by atoms with van der Waals surface area (Å²) in [6.45, 7) is 6.66. The fourth-order valence-electron chi connectivity index (χ4n) is 1.68.